The molecule has 1 aromatic heterocycles. The van der Waals surface area contributed by atoms with E-state index >= 15 is 0 Å². The van der Waals surface area contributed by atoms with E-state index in [-0.39, 0.29) is 5.54 Å². The molecule has 1 saturated heterocycles. The highest BCUT2D eigenvalue weighted by molar-refractivity contribution is 5.07. The lowest BCUT2D eigenvalue weighted by molar-refractivity contribution is 0.160. The highest BCUT2D eigenvalue weighted by atomic mass is 15.4. The summed E-state index contributed by atoms with van der Waals surface area (Å²) in [6.07, 6.45) is 2.48. The fourth-order valence-electron chi connectivity index (χ4n) is 1.61. The van der Waals surface area contributed by atoms with Crippen LogP contribution in [0.25, 0.3) is 0 Å². The molecule has 2 rings (SSSR count). The lowest BCUT2D eigenvalue weighted by Gasteiger charge is -2.41. The smallest absolute Gasteiger partial charge is 0.100 e. The maximum Gasteiger partial charge on any atom is 0.100 e. The van der Waals surface area contributed by atoms with Crippen LogP contribution in [0.5, 0.6) is 0 Å². The number of nitrogens with one attached hydrogen (secondary N) is 1. The van der Waals surface area contributed by atoms with Crippen molar-refractivity contribution in [3.8, 4) is 6.07 Å². The second kappa shape index (κ2) is 2.86. The molecule has 0 bridgehead atoms. The summed E-state index contributed by atoms with van der Waals surface area (Å²) < 4.78 is 1.92. The Morgan fingerprint density at radius 1 is 1.77 bits per heavy atom. The number of aryl methyl sites for hydroxylation is 1. The fourth-order valence-corrected chi connectivity index (χ4v) is 1.61. The monoisotopic (exact) mass is 176 g/mol. The molecule has 1 aromatic rings. The topological polar surface area (TPSA) is 53.6 Å². The van der Waals surface area contributed by atoms with Crippen molar-refractivity contribution < 1.29 is 0 Å². The number of nitrogens with zero attached hydrogens (tertiary/aromatic N) is 3. The summed E-state index contributed by atoms with van der Waals surface area (Å²) in [7, 11) is 0. The van der Waals surface area contributed by atoms with Gasteiger partial charge >= 0.3 is 0 Å². The van der Waals surface area contributed by atoms with E-state index in [1.807, 2.05) is 23.9 Å². The molecule has 0 aromatic carbocycles. The summed E-state index contributed by atoms with van der Waals surface area (Å²) in [5, 5.41) is 16.2. The van der Waals surface area contributed by atoms with Crippen molar-refractivity contribution in [3.05, 3.63) is 18.0 Å². The van der Waals surface area contributed by atoms with Gasteiger partial charge in [0.1, 0.15) is 5.54 Å². The SMILES string of the molecule is Cc1ccn(C2(CC#N)CNC2)n1. The van der Waals surface area contributed by atoms with Crippen LogP contribution in [0.2, 0.25) is 0 Å². The van der Waals surface area contributed by atoms with E-state index in [9.17, 15) is 0 Å². The first kappa shape index (κ1) is 8.27. The van der Waals surface area contributed by atoms with Gasteiger partial charge in [-0.2, -0.15) is 10.4 Å². The maximum absolute atomic E-state index is 8.72. The second-order valence-electron chi connectivity index (χ2n) is 3.56. The summed E-state index contributed by atoms with van der Waals surface area (Å²) in [5.41, 5.74) is 0.924. The first-order chi connectivity index (χ1) is 6.27. The van der Waals surface area contributed by atoms with Gasteiger partial charge in [-0.3, -0.25) is 4.68 Å². The molecule has 4 nitrogen and oxygen atoms in total. The quantitative estimate of drug-likeness (QED) is 0.709. The molecule has 0 atom stereocenters. The zero-order valence-electron chi connectivity index (χ0n) is 7.62. The molecule has 1 fully saturated rings. The third-order valence-electron chi connectivity index (χ3n) is 2.52. The predicted molar refractivity (Wildman–Crippen MR) is 48.0 cm³/mol. The van der Waals surface area contributed by atoms with Gasteiger partial charge in [-0.15, -0.1) is 0 Å². The van der Waals surface area contributed by atoms with Gasteiger partial charge in [0.25, 0.3) is 0 Å². The molecule has 1 aliphatic heterocycles. The predicted octanol–water partition coefficient (Wildman–Crippen LogP) is 0.404. The van der Waals surface area contributed by atoms with Gasteiger partial charge < -0.3 is 5.32 Å². The molecule has 0 radical (unpaired) electrons. The van der Waals surface area contributed by atoms with Crippen LogP contribution in [-0.4, -0.2) is 22.9 Å². The highest BCUT2D eigenvalue weighted by Gasteiger charge is 2.39. The molecule has 1 N–H and O–H groups in total. The Labute approximate surface area is 77.2 Å². The third-order valence-corrected chi connectivity index (χ3v) is 2.52. The maximum atomic E-state index is 8.72. The molecule has 0 amide bonds. The molecule has 1 aliphatic rings. The van der Waals surface area contributed by atoms with Crippen molar-refractivity contribution in [2.45, 2.75) is 18.9 Å². The number of hydrogen-bond acceptors (Lipinski definition) is 3. The molecule has 0 saturated carbocycles. The van der Waals surface area contributed by atoms with Crippen molar-refractivity contribution >= 4 is 0 Å². The zero-order chi connectivity index (χ0) is 9.31. The molecule has 0 spiro atoms. The van der Waals surface area contributed by atoms with E-state index in [0.717, 1.165) is 18.8 Å². The summed E-state index contributed by atoms with van der Waals surface area (Å²) in [6.45, 7) is 3.66. The van der Waals surface area contributed by atoms with Crippen LogP contribution in [-0.2, 0) is 5.54 Å². The van der Waals surface area contributed by atoms with Crippen LogP contribution < -0.4 is 5.32 Å². The van der Waals surface area contributed by atoms with Crippen LogP contribution in [0.15, 0.2) is 12.3 Å². The van der Waals surface area contributed by atoms with E-state index in [1.165, 1.54) is 0 Å². The van der Waals surface area contributed by atoms with E-state index in [0.29, 0.717) is 6.42 Å². The van der Waals surface area contributed by atoms with Gasteiger partial charge in [0.2, 0.25) is 0 Å². The first-order valence-corrected chi connectivity index (χ1v) is 4.37. The van der Waals surface area contributed by atoms with E-state index in [2.05, 4.69) is 16.5 Å². The summed E-state index contributed by atoms with van der Waals surface area (Å²) in [4.78, 5) is 0. The summed E-state index contributed by atoms with van der Waals surface area (Å²) in [5.74, 6) is 0. The Hall–Kier alpha value is -1.34. The standard InChI is InChI=1S/C9H12N4/c1-8-2-5-13(12-8)9(3-4-10)6-11-7-9/h2,5,11H,3,6-7H2,1H3. The second-order valence-corrected chi connectivity index (χ2v) is 3.56. The Kier molecular flexibility index (Phi) is 1.82. The zero-order valence-corrected chi connectivity index (χ0v) is 7.62. The molecule has 68 valence electrons. The van der Waals surface area contributed by atoms with Crippen molar-refractivity contribution in [1.82, 2.24) is 15.1 Å². The molecule has 0 unspecified atom stereocenters. The third kappa shape index (κ3) is 1.21. The average molecular weight is 176 g/mol. The summed E-state index contributed by atoms with van der Waals surface area (Å²) in [6, 6.07) is 4.19. The fraction of sp³-hybridized carbons (Fsp3) is 0.556. The molecule has 0 aliphatic carbocycles. The van der Waals surface area contributed by atoms with Crippen LogP contribution in [0.4, 0.5) is 0 Å². The van der Waals surface area contributed by atoms with Gasteiger partial charge in [0, 0.05) is 19.3 Å². The first-order valence-electron chi connectivity index (χ1n) is 4.37. The molecule has 2 heterocycles. The van der Waals surface area contributed by atoms with Gasteiger partial charge in [0.05, 0.1) is 18.2 Å². The Morgan fingerprint density at radius 2 is 2.54 bits per heavy atom. The van der Waals surface area contributed by atoms with Gasteiger partial charge in [0.15, 0.2) is 0 Å². The van der Waals surface area contributed by atoms with Crippen molar-refractivity contribution in [1.29, 1.82) is 5.26 Å². The molecular formula is C9H12N4. The van der Waals surface area contributed by atoms with Crippen LogP contribution in [0, 0.1) is 18.3 Å². The Morgan fingerprint density at radius 3 is 2.92 bits per heavy atom. The number of hydrogen-bond donors (Lipinski definition) is 1. The largest absolute Gasteiger partial charge is 0.312 e. The number of nitriles is 1. The van der Waals surface area contributed by atoms with Gasteiger partial charge in [-0.1, -0.05) is 0 Å². The minimum Gasteiger partial charge on any atom is -0.312 e. The van der Waals surface area contributed by atoms with E-state index in [1.54, 1.807) is 0 Å². The van der Waals surface area contributed by atoms with Gasteiger partial charge in [-0.25, -0.2) is 0 Å². The normalized spacial score (nSPS) is 19.1. The van der Waals surface area contributed by atoms with Crippen molar-refractivity contribution in [3.63, 3.8) is 0 Å². The molecule has 13 heavy (non-hydrogen) atoms. The van der Waals surface area contributed by atoms with Crippen LogP contribution in [0.1, 0.15) is 12.1 Å². The summed E-state index contributed by atoms with van der Waals surface area (Å²) >= 11 is 0. The lowest BCUT2D eigenvalue weighted by Crippen LogP contribution is -2.60. The van der Waals surface area contributed by atoms with Crippen LogP contribution >= 0.6 is 0 Å². The molecular weight excluding hydrogens is 164 g/mol. The minimum absolute atomic E-state index is 0.0803. The van der Waals surface area contributed by atoms with Crippen molar-refractivity contribution in [2.75, 3.05) is 13.1 Å². The van der Waals surface area contributed by atoms with E-state index in [4.69, 9.17) is 5.26 Å². The van der Waals surface area contributed by atoms with E-state index < -0.39 is 0 Å². The number of aromatic nitrogens is 2. The number of rotatable bonds is 2. The minimum atomic E-state index is -0.0803. The average Bonchev–Trinajstić information content (AvgIpc) is 2.44. The van der Waals surface area contributed by atoms with Gasteiger partial charge in [-0.05, 0) is 13.0 Å². The highest BCUT2D eigenvalue weighted by Crippen LogP contribution is 2.24. The molecule has 4 heteroatoms. The Balaban J connectivity index is 2.27. The lowest BCUT2D eigenvalue weighted by atomic mass is 9.89. The Bertz CT molecular complexity index is 343. The van der Waals surface area contributed by atoms with Crippen molar-refractivity contribution in [2.24, 2.45) is 0 Å². The van der Waals surface area contributed by atoms with Crippen LogP contribution in [0.3, 0.4) is 0 Å².